The molecule has 0 bridgehead atoms. The second-order valence-corrected chi connectivity index (χ2v) is 5.80. The molecule has 10 nitrogen and oxygen atoms in total. The lowest BCUT2D eigenvalue weighted by molar-refractivity contribution is -0.151. The van der Waals surface area contributed by atoms with Gasteiger partial charge in [-0.1, -0.05) is 0 Å². The van der Waals surface area contributed by atoms with E-state index in [4.69, 9.17) is 30.4 Å². The first-order valence-electron chi connectivity index (χ1n) is 8.23. The van der Waals surface area contributed by atoms with Crippen LogP contribution in [0.1, 0.15) is 24.5 Å². The highest BCUT2D eigenvalue weighted by Crippen LogP contribution is 2.39. The van der Waals surface area contributed by atoms with E-state index in [-0.39, 0.29) is 29.7 Å². The van der Waals surface area contributed by atoms with E-state index in [9.17, 15) is 9.59 Å². The van der Waals surface area contributed by atoms with Crippen molar-refractivity contribution in [3.05, 3.63) is 29.5 Å². The third-order valence-corrected chi connectivity index (χ3v) is 3.65. The van der Waals surface area contributed by atoms with Gasteiger partial charge < -0.3 is 30.4 Å². The summed E-state index contributed by atoms with van der Waals surface area (Å²) in [6.07, 6.45) is 1.64. The number of Topliss-reactive ketones (excluding diaryl/α,β-unsaturated/α-hetero) is 1. The van der Waals surface area contributed by atoms with E-state index in [0.29, 0.717) is 23.5 Å². The van der Waals surface area contributed by atoms with Gasteiger partial charge >= 0.3 is 5.97 Å². The summed E-state index contributed by atoms with van der Waals surface area (Å²) in [6, 6.07) is 3.45. The van der Waals surface area contributed by atoms with Crippen molar-refractivity contribution in [3.63, 3.8) is 0 Å². The largest absolute Gasteiger partial charge is 0.493 e. The number of nitrogen functional groups attached to an aromatic ring is 2. The number of benzene rings is 1. The van der Waals surface area contributed by atoms with Gasteiger partial charge in [-0.05, 0) is 24.6 Å². The first kappa shape index (κ1) is 20.7. The molecule has 28 heavy (non-hydrogen) atoms. The van der Waals surface area contributed by atoms with Gasteiger partial charge in [0.25, 0.3) is 0 Å². The summed E-state index contributed by atoms with van der Waals surface area (Å²) in [7, 11) is 2.93. The highest BCUT2D eigenvalue weighted by Gasteiger charge is 2.16. The number of hydrogen-bond acceptors (Lipinski definition) is 10. The third-order valence-electron chi connectivity index (χ3n) is 3.65. The molecule has 2 aromatic rings. The highest BCUT2D eigenvalue weighted by molar-refractivity contribution is 5.94. The SMILES string of the molecule is COc1cc(Cc2cnc(N)nc2N)cc(OC)c1OCOC(=O)CC(C)=O. The average Bonchev–Trinajstić information content (AvgIpc) is 2.63. The Labute approximate surface area is 161 Å². The predicted octanol–water partition coefficient (Wildman–Crippen LogP) is 1.11. The van der Waals surface area contributed by atoms with Gasteiger partial charge in [-0.3, -0.25) is 9.59 Å². The van der Waals surface area contributed by atoms with Crippen molar-refractivity contribution in [3.8, 4) is 17.2 Å². The zero-order valence-corrected chi connectivity index (χ0v) is 15.9. The fourth-order valence-corrected chi connectivity index (χ4v) is 2.38. The molecule has 0 atom stereocenters. The second-order valence-electron chi connectivity index (χ2n) is 5.80. The minimum absolute atomic E-state index is 0.0967. The fraction of sp³-hybridized carbons (Fsp3) is 0.333. The molecule has 4 N–H and O–H groups in total. The number of carbonyl (C=O) groups is 2. The van der Waals surface area contributed by atoms with E-state index in [2.05, 4.69) is 9.97 Å². The van der Waals surface area contributed by atoms with E-state index in [1.165, 1.54) is 21.1 Å². The summed E-state index contributed by atoms with van der Waals surface area (Å²) >= 11 is 0. The number of nitrogens with zero attached hydrogens (tertiary/aromatic N) is 2. The van der Waals surface area contributed by atoms with Gasteiger partial charge in [-0.2, -0.15) is 4.98 Å². The number of hydrogen-bond donors (Lipinski definition) is 2. The third kappa shape index (κ3) is 5.47. The number of carbonyl (C=O) groups excluding carboxylic acids is 2. The lowest BCUT2D eigenvalue weighted by Gasteiger charge is -2.16. The first-order valence-corrected chi connectivity index (χ1v) is 8.23. The van der Waals surface area contributed by atoms with Gasteiger partial charge in [0.05, 0.1) is 14.2 Å². The molecule has 0 unspecified atom stereocenters. The topological polar surface area (TPSA) is 149 Å². The van der Waals surface area contributed by atoms with Crippen molar-refractivity contribution in [1.82, 2.24) is 9.97 Å². The number of nitrogens with two attached hydrogens (primary N) is 2. The smallest absolute Gasteiger partial charge is 0.316 e. The van der Waals surface area contributed by atoms with Crippen LogP contribution in [-0.4, -0.2) is 42.7 Å². The normalized spacial score (nSPS) is 10.2. The molecule has 0 spiro atoms. The molecule has 0 fully saturated rings. The molecule has 0 saturated heterocycles. The molecule has 0 radical (unpaired) electrons. The van der Waals surface area contributed by atoms with Crippen LogP contribution in [0, 0.1) is 0 Å². The van der Waals surface area contributed by atoms with Crippen LogP contribution in [-0.2, 0) is 20.7 Å². The zero-order chi connectivity index (χ0) is 20.7. The Hall–Kier alpha value is -3.56. The summed E-state index contributed by atoms with van der Waals surface area (Å²) in [5, 5.41) is 0. The molecule has 0 aliphatic heterocycles. The van der Waals surface area contributed by atoms with E-state index < -0.39 is 12.8 Å². The Bertz CT molecular complexity index is 846. The maximum Gasteiger partial charge on any atom is 0.316 e. The van der Waals surface area contributed by atoms with Crippen LogP contribution in [0.3, 0.4) is 0 Å². The molecule has 0 aliphatic carbocycles. The average molecular weight is 390 g/mol. The molecule has 0 aliphatic rings. The quantitative estimate of drug-likeness (QED) is 0.362. The van der Waals surface area contributed by atoms with Crippen molar-refractivity contribution in [2.45, 2.75) is 19.8 Å². The van der Waals surface area contributed by atoms with Gasteiger partial charge in [0.15, 0.2) is 11.5 Å². The van der Waals surface area contributed by atoms with Crippen LogP contribution in [0.5, 0.6) is 17.2 Å². The van der Waals surface area contributed by atoms with Crippen molar-refractivity contribution >= 4 is 23.5 Å². The fourth-order valence-electron chi connectivity index (χ4n) is 2.38. The minimum Gasteiger partial charge on any atom is -0.493 e. The molecule has 10 heteroatoms. The summed E-state index contributed by atoms with van der Waals surface area (Å²) in [4.78, 5) is 30.2. The lowest BCUT2D eigenvalue weighted by Crippen LogP contribution is -2.13. The molecule has 1 aromatic carbocycles. The minimum atomic E-state index is -0.680. The predicted molar refractivity (Wildman–Crippen MR) is 100 cm³/mol. The van der Waals surface area contributed by atoms with Crippen LogP contribution in [0.2, 0.25) is 0 Å². The molecule has 1 aromatic heterocycles. The molecule has 150 valence electrons. The molecule has 2 rings (SSSR count). The Morgan fingerprint density at radius 1 is 1.11 bits per heavy atom. The van der Waals surface area contributed by atoms with E-state index in [1.54, 1.807) is 18.3 Å². The standard InChI is InChI=1S/C18H22N4O6/c1-10(23)4-15(24)27-9-28-16-13(25-2)6-11(7-14(16)26-3)5-12-8-21-18(20)22-17(12)19/h6-8H,4-5,9H2,1-3H3,(H4,19,20,21,22). The second kappa shape index (κ2) is 9.40. The van der Waals surface area contributed by atoms with Crippen molar-refractivity contribution in [2.75, 3.05) is 32.5 Å². The van der Waals surface area contributed by atoms with Gasteiger partial charge in [0, 0.05) is 18.2 Å². The van der Waals surface area contributed by atoms with Crippen molar-refractivity contribution in [2.24, 2.45) is 0 Å². The van der Waals surface area contributed by atoms with Gasteiger partial charge in [-0.25, -0.2) is 4.98 Å². The van der Waals surface area contributed by atoms with E-state index in [1.807, 2.05) is 0 Å². The Kier molecular flexibility index (Phi) is 6.96. The van der Waals surface area contributed by atoms with Crippen molar-refractivity contribution < 1.29 is 28.5 Å². The number of rotatable bonds is 9. The first-order chi connectivity index (χ1) is 13.3. The number of ether oxygens (including phenoxy) is 4. The maximum absolute atomic E-state index is 11.4. The number of ketones is 1. The summed E-state index contributed by atoms with van der Waals surface area (Å²) in [6.45, 7) is 0.905. The van der Waals surface area contributed by atoms with E-state index >= 15 is 0 Å². The zero-order valence-electron chi connectivity index (χ0n) is 15.9. The Morgan fingerprint density at radius 2 is 1.75 bits per heavy atom. The number of esters is 1. The number of methoxy groups -OCH3 is 2. The Morgan fingerprint density at radius 3 is 2.29 bits per heavy atom. The number of aromatic nitrogens is 2. The van der Waals surface area contributed by atoms with Gasteiger partial charge in [-0.15, -0.1) is 0 Å². The van der Waals surface area contributed by atoms with Crippen molar-refractivity contribution in [1.29, 1.82) is 0 Å². The molecular weight excluding hydrogens is 368 g/mol. The van der Waals surface area contributed by atoms with Crippen LogP contribution in [0.4, 0.5) is 11.8 Å². The lowest BCUT2D eigenvalue weighted by atomic mass is 10.1. The summed E-state index contributed by atoms with van der Waals surface area (Å²) in [5.41, 5.74) is 12.9. The highest BCUT2D eigenvalue weighted by atomic mass is 16.7. The number of anilines is 2. The van der Waals surface area contributed by atoms with Crippen LogP contribution < -0.4 is 25.7 Å². The monoisotopic (exact) mass is 390 g/mol. The molecule has 1 heterocycles. The molecular formula is C18H22N4O6. The van der Waals surface area contributed by atoms with Gasteiger partial charge in [0.2, 0.25) is 18.5 Å². The van der Waals surface area contributed by atoms with Crippen LogP contribution >= 0.6 is 0 Å². The van der Waals surface area contributed by atoms with Crippen LogP contribution in [0.15, 0.2) is 18.3 Å². The van der Waals surface area contributed by atoms with E-state index in [0.717, 1.165) is 5.56 Å². The van der Waals surface area contributed by atoms with Gasteiger partial charge in [0.1, 0.15) is 18.0 Å². The Balaban J connectivity index is 2.18. The summed E-state index contributed by atoms with van der Waals surface area (Å²) in [5.74, 6) is 0.392. The maximum atomic E-state index is 11.4. The molecule has 0 saturated carbocycles. The molecule has 0 amide bonds. The summed E-state index contributed by atoms with van der Waals surface area (Å²) < 4.78 is 21.1. The van der Waals surface area contributed by atoms with Crippen LogP contribution in [0.25, 0.3) is 0 Å².